The van der Waals surface area contributed by atoms with Crippen LogP contribution in [-0.4, -0.2) is 26.8 Å². The summed E-state index contributed by atoms with van der Waals surface area (Å²) in [6.07, 6.45) is -3.25. The number of halogens is 4. The molecule has 1 heterocycles. The lowest BCUT2D eigenvalue weighted by Gasteiger charge is -2.11. The summed E-state index contributed by atoms with van der Waals surface area (Å²) in [6.45, 7) is 0.959. The number of nitrogens with one attached hydrogen (secondary N) is 2. The van der Waals surface area contributed by atoms with E-state index in [9.17, 15) is 22.8 Å². The molecule has 7 nitrogen and oxygen atoms in total. The lowest BCUT2D eigenvalue weighted by Crippen LogP contribution is -2.20. The van der Waals surface area contributed by atoms with Crippen LogP contribution in [0.3, 0.4) is 0 Å². The Labute approximate surface area is 138 Å². The molecule has 0 bridgehead atoms. The predicted molar refractivity (Wildman–Crippen MR) is 79.4 cm³/mol. The van der Waals surface area contributed by atoms with Gasteiger partial charge in [0.25, 0.3) is 0 Å². The minimum absolute atomic E-state index is 0.0334. The van der Waals surface area contributed by atoms with E-state index in [1.54, 1.807) is 0 Å². The molecule has 0 unspecified atom stereocenters. The molecule has 2 N–H and O–H groups in total. The SMILES string of the molecule is CC(=O)Nc1cn(CC(=O)Nc2cc(C(F)(F)F)ccc2Cl)nn1. The molecule has 0 radical (unpaired) electrons. The molecule has 0 saturated carbocycles. The normalized spacial score (nSPS) is 11.2. The number of hydrogen-bond donors (Lipinski definition) is 2. The van der Waals surface area contributed by atoms with E-state index in [2.05, 4.69) is 20.9 Å². The van der Waals surface area contributed by atoms with Crippen LogP contribution in [0.15, 0.2) is 24.4 Å². The third-order valence-corrected chi connectivity index (χ3v) is 3.05. The molecular weight excluding hydrogens is 351 g/mol. The van der Waals surface area contributed by atoms with Gasteiger partial charge in [0, 0.05) is 6.92 Å². The highest BCUT2D eigenvalue weighted by atomic mass is 35.5. The number of rotatable bonds is 4. The van der Waals surface area contributed by atoms with E-state index in [0.717, 1.165) is 22.9 Å². The lowest BCUT2D eigenvalue weighted by atomic mass is 10.2. The van der Waals surface area contributed by atoms with E-state index < -0.39 is 17.6 Å². The third-order valence-electron chi connectivity index (χ3n) is 2.72. The van der Waals surface area contributed by atoms with Crippen molar-refractivity contribution in [2.45, 2.75) is 19.6 Å². The zero-order valence-corrected chi connectivity index (χ0v) is 12.9. The Hall–Kier alpha value is -2.62. The molecule has 128 valence electrons. The van der Waals surface area contributed by atoms with Gasteiger partial charge in [-0.3, -0.25) is 9.59 Å². The number of aromatic nitrogens is 3. The number of carbonyl (C=O) groups excluding carboxylic acids is 2. The molecule has 0 saturated heterocycles. The second kappa shape index (κ2) is 6.87. The maximum Gasteiger partial charge on any atom is 0.416 e. The van der Waals surface area contributed by atoms with Gasteiger partial charge in [-0.25, -0.2) is 4.68 Å². The van der Waals surface area contributed by atoms with Gasteiger partial charge in [-0.15, -0.1) is 5.10 Å². The Bertz CT molecular complexity index is 775. The van der Waals surface area contributed by atoms with Crippen molar-refractivity contribution < 1.29 is 22.8 Å². The summed E-state index contributed by atoms with van der Waals surface area (Å²) in [6, 6.07) is 2.60. The van der Waals surface area contributed by atoms with Crippen LogP contribution in [-0.2, 0) is 22.3 Å². The highest BCUT2D eigenvalue weighted by Crippen LogP contribution is 2.33. The zero-order valence-electron chi connectivity index (χ0n) is 12.2. The zero-order chi connectivity index (χ0) is 17.9. The number of hydrogen-bond acceptors (Lipinski definition) is 4. The van der Waals surface area contributed by atoms with Gasteiger partial charge in [0.2, 0.25) is 11.8 Å². The number of nitrogens with zero attached hydrogens (tertiary/aromatic N) is 3. The average Bonchev–Trinajstić information content (AvgIpc) is 2.86. The van der Waals surface area contributed by atoms with Gasteiger partial charge in [-0.2, -0.15) is 13.2 Å². The Balaban J connectivity index is 2.07. The quantitative estimate of drug-likeness (QED) is 0.875. The molecular formula is C13H11ClF3N5O2. The molecule has 24 heavy (non-hydrogen) atoms. The van der Waals surface area contributed by atoms with E-state index in [1.807, 2.05) is 0 Å². The van der Waals surface area contributed by atoms with Crippen LogP contribution < -0.4 is 10.6 Å². The molecule has 0 spiro atoms. The highest BCUT2D eigenvalue weighted by molar-refractivity contribution is 6.33. The van der Waals surface area contributed by atoms with Crippen molar-refractivity contribution in [3.63, 3.8) is 0 Å². The lowest BCUT2D eigenvalue weighted by molar-refractivity contribution is -0.137. The summed E-state index contributed by atoms with van der Waals surface area (Å²) in [7, 11) is 0. The van der Waals surface area contributed by atoms with Gasteiger partial charge >= 0.3 is 6.18 Å². The van der Waals surface area contributed by atoms with Crippen molar-refractivity contribution in [2.24, 2.45) is 0 Å². The fourth-order valence-electron chi connectivity index (χ4n) is 1.75. The molecule has 0 atom stereocenters. The molecule has 0 fully saturated rings. The van der Waals surface area contributed by atoms with Crippen molar-refractivity contribution >= 4 is 34.9 Å². The van der Waals surface area contributed by atoms with Crippen molar-refractivity contribution in [3.05, 3.63) is 35.0 Å². The third kappa shape index (κ3) is 4.69. The minimum Gasteiger partial charge on any atom is -0.323 e. The summed E-state index contributed by atoms with van der Waals surface area (Å²) in [5.41, 5.74) is -1.10. The summed E-state index contributed by atoms with van der Waals surface area (Å²) in [4.78, 5) is 22.8. The van der Waals surface area contributed by atoms with Crippen molar-refractivity contribution in [1.29, 1.82) is 0 Å². The van der Waals surface area contributed by atoms with Gasteiger partial charge in [0.05, 0.1) is 22.5 Å². The van der Waals surface area contributed by atoms with Gasteiger partial charge in [0.15, 0.2) is 5.82 Å². The Morgan fingerprint density at radius 2 is 2.00 bits per heavy atom. The first-order chi connectivity index (χ1) is 11.1. The first-order valence-electron chi connectivity index (χ1n) is 6.49. The molecule has 2 rings (SSSR count). The molecule has 11 heteroatoms. The largest absolute Gasteiger partial charge is 0.416 e. The molecule has 0 aliphatic carbocycles. The molecule has 0 aliphatic rings. The van der Waals surface area contributed by atoms with Crippen LogP contribution >= 0.6 is 11.6 Å². The molecule has 2 amide bonds. The Morgan fingerprint density at radius 3 is 2.62 bits per heavy atom. The average molecular weight is 362 g/mol. The van der Waals surface area contributed by atoms with E-state index in [0.29, 0.717) is 0 Å². The van der Waals surface area contributed by atoms with Crippen LogP contribution in [0.25, 0.3) is 0 Å². The number of alkyl halides is 3. The summed E-state index contributed by atoms with van der Waals surface area (Å²) in [5.74, 6) is -0.870. The topological polar surface area (TPSA) is 88.9 Å². The fraction of sp³-hybridized carbons (Fsp3) is 0.231. The number of anilines is 2. The van der Waals surface area contributed by atoms with Gasteiger partial charge in [-0.1, -0.05) is 16.8 Å². The molecule has 1 aromatic heterocycles. The van der Waals surface area contributed by atoms with E-state index in [4.69, 9.17) is 11.6 Å². The molecule has 0 aliphatic heterocycles. The monoisotopic (exact) mass is 361 g/mol. The first kappa shape index (κ1) is 17.7. The standard InChI is InChI=1S/C13H11ClF3N5O2/c1-7(23)18-11-5-22(21-20-11)6-12(24)19-10-4-8(13(15,16)17)2-3-9(10)14/h2-5H,6H2,1H3,(H,18,23)(H,19,24). The smallest absolute Gasteiger partial charge is 0.323 e. The van der Waals surface area contributed by atoms with Gasteiger partial charge in [0.1, 0.15) is 6.54 Å². The maximum atomic E-state index is 12.7. The Kier molecular flexibility index (Phi) is 5.07. The van der Waals surface area contributed by atoms with Crippen LogP contribution in [0.5, 0.6) is 0 Å². The van der Waals surface area contributed by atoms with Gasteiger partial charge in [-0.05, 0) is 18.2 Å². The molecule has 2 aromatic rings. The van der Waals surface area contributed by atoms with E-state index in [1.165, 1.54) is 13.1 Å². The van der Waals surface area contributed by atoms with Crippen molar-refractivity contribution in [3.8, 4) is 0 Å². The van der Waals surface area contributed by atoms with Crippen LogP contribution in [0.1, 0.15) is 12.5 Å². The summed E-state index contributed by atoms with van der Waals surface area (Å²) in [5, 5.41) is 11.8. The number of benzene rings is 1. The highest BCUT2D eigenvalue weighted by Gasteiger charge is 2.31. The maximum absolute atomic E-state index is 12.7. The summed E-state index contributed by atoms with van der Waals surface area (Å²) < 4.78 is 39.1. The summed E-state index contributed by atoms with van der Waals surface area (Å²) >= 11 is 5.79. The second-order valence-electron chi connectivity index (χ2n) is 4.72. The van der Waals surface area contributed by atoms with E-state index >= 15 is 0 Å². The number of amides is 2. The minimum atomic E-state index is -4.55. The van der Waals surface area contributed by atoms with Crippen LogP contribution in [0.2, 0.25) is 5.02 Å². The first-order valence-corrected chi connectivity index (χ1v) is 6.87. The Morgan fingerprint density at radius 1 is 1.29 bits per heavy atom. The van der Waals surface area contributed by atoms with Crippen LogP contribution in [0, 0.1) is 0 Å². The van der Waals surface area contributed by atoms with Crippen LogP contribution in [0.4, 0.5) is 24.7 Å². The fourth-order valence-corrected chi connectivity index (χ4v) is 1.91. The predicted octanol–water partition coefficient (Wildman–Crippen LogP) is 2.55. The second-order valence-corrected chi connectivity index (χ2v) is 5.13. The van der Waals surface area contributed by atoms with Crippen molar-refractivity contribution in [1.82, 2.24) is 15.0 Å². The van der Waals surface area contributed by atoms with Gasteiger partial charge < -0.3 is 10.6 Å². The molecule has 1 aromatic carbocycles. The van der Waals surface area contributed by atoms with E-state index in [-0.39, 0.29) is 29.0 Å². The number of carbonyl (C=O) groups is 2. The van der Waals surface area contributed by atoms with Crippen molar-refractivity contribution in [2.75, 3.05) is 10.6 Å².